The number of carbonyl (C=O) groups excluding carboxylic acids is 2. The van der Waals surface area contributed by atoms with Crippen LogP contribution in [0.3, 0.4) is 0 Å². The first-order valence-electron chi connectivity index (χ1n) is 12.1. The Hall–Kier alpha value is -2.93. The van der Waals surface area contributed by atoms with Gasteiger partial charge in [-0.25, -0.2) is 4.98 Å². The molecule has 0 bridgehead atoms. The van der Waals surface area contributed by atoms with Gasteiger partial charge in [0.15, 0.2) is 5.16 Å². The average molecular weight is 494 g/mol. The molecule has 0 spiro atoms. The lowest BCUT2D eigenvalue weighted by atomic mass is 9.92. The minimum atomic E-state index is -0.458. The number of fused-ring (bicyclic) bond motifs is 1. The van der Waals surface area contributed by atoms with E-state index in [0.29, 0.717) is 34.7 Å². The van der Waals surface area contributed by atoms with Crippen molar-refractivity contribution in [3.63, 3.8) is 0 Å². The van der Waals surface area contributed by atoms with Gasteiger partial charge < -0.3 is 4.90 Å². The van der Waals surface area contributed by atoms with Crippen LogP contribution >= 0.6 is 11.8 Å². The highest BCUT2D eigenvalue weighted by molar-refractivity contribution is 7.99. The third-order valence-electron chi connectivity index (χ3n) is 5.93. The molecule has 1 amide bonds. The van der Waals surface area contributed by atoms with E-state index in [1.807, 2.05) is 51.1 Å². The second-order valence-electron chi connectivity index (χ2n) is 9.90. The normalized spacial score (nSPS) is 11.6. The van der Waals surface area contributed by atoms with Crippen molar-refractivity contribution < 1.29 is 9.59 Å². The second-order valence-corrected chi connectivity index (χ2v) is 10.8. The molecule has 6 nitrogen and oxygen atoms in total. The van der Waals surface area contributed by atoms with Crippen LogP contribution in [0, 0.1) is 5.41 Å². The fraction of sp³-hybridized carbons (Fsp3) is 0.429. The molecule has 0 fully saturated rings. The van der Waals surface area contributed by atoms with Crippen LogP contribution in [-0.2, 0) is 17.9 Å². The van der Waals surface area contributed by atoms with E-state index in [2.05, 4.69) is 6.92 Å². The first-order chi connectivity index (χ1) is 16.6. The molecule has 0 aliphatic rings. The van der Waals surface area contributed by atoms with E-state index in [-0.39, 0.29) is 23.0 Å². The molecule has 7 heteroatoms. The van der Waals surface area contributed by atoms with Gasteiger partial charge in [-0.2, -0.15) is 0 Å². The van der Waals surface area contributed by atoms with E-state index in [4.69, 9.17) is 4.98 Å². The quantitative estimate of drug-likeness (QED) is 0.210. The predicted molar refractivity (Wildman–Crippen MR) is 143 cm³/mol. The molecule has 35 heavy (non-hydrogen) atoms. The monoisotopic (exact) mass is 493 g/mol. The van der Waals surface area contributed by atoms with Crippen LogP contribution in [0.5, 0.6) is 0 Å². The van der Waals surface area contributed by atoms with Crippen molar-refractivity contribution in [3.8, 4) is 0 Å². The number of hydrogen-bond acceptors (Lipinski definition) is 5. The highest BCUT2D eigenvalue weighted by Crippen LogP contribution is 2.24. The number of rotatable bonds is 10. The van der Waals surface area contributed by atoms with Crippen molar-refractivity contribution in [3.05, 3.63) is 70.0 Å². The Kier molecular flexibility index (Phi) is 8.89. The minimum absolute atomic E-state index is 0.100. The Balaban J connectivity index is 1.94. The number of hydrogen-bond donors (Lipinski definition) is 0. The molecule has 2 aromatic carbocycles. The summed E-state index contributed by atoms with van der Waals surface area (Å²) in [6.45, 7) is 8.83. The molecule has 186 valence electrons. The number of nitrogens with zero attached hydrogens (tertiary/aromatic N) is 3. The van der Waals surface area contributed by atoms with Gasteiger partial charge in [-0.1, -0.05) is 82.6 Å². The number of carbonyl (C=O) groups is 2. The van der Waals surface area contributed by atoms with Gasteiger partial charge in [0.1, 0.15) is 5.78 Å². The first-order valence-corrected chi connectivity index (χ1v) is 13.1. The van der Waals surface area contributed by atoms with Crippen LogP contribution < -0.4 is 5.56 Å². The highest BCUT2D eigenvalue weighted by atomic mass is 32.2. The van der Waals surface area contributed by atoms with Gasteiger partial charge in [0, 0.05) is 31.1 Å². The van der Waals surface area contributed by atoms with Crippen molar-refractivity contribution >= 4 is 34.4 Å². The van der Waals surface area contributed by atoms with E-state index in [1.165, 1.54) is 11.8 Å². The number of benzene rings is 2. The highest BCUT2D eigenvalue weighted by Gasteiger charge is 2.23. The third kappa shape index (κ3) is 6.82. The van der Waals surface area contributed by atoms with Gasteiger partial charge >= 0.3 is 0 Å². The molecule has 3 aromatic rings. The maximum atomic E-state index is 13.4. The Labute approximate surface area is 211 Å². The first kappa shape index (κ1) is 26.7. The fourth-order valence-corrected chi connectivity index (χ4v) is 4.84. The van der Waals surface area contributed by atoms with Crippen LogP contribution in [-0.4, -0.2) is 38.9 Å². The molecule has 0 saturated heterocycles. The molecule has 0 atom stereocenters. The largest absolute Gasteiger partial charge is 0.337 e. The zero-order chi connectivity index (χ0) is 25.6. The number of aromatic nitrogens is 2. The number of amides is 1. The molecular weight excluding hydrogens is 458 g/mol. The van der Waals surface area contributed by atoms with Gasteiger partial charge in [-0.3, -0.25) is 19.0 Å². The SMILES string of the molecule is CCCCCn1c(SCC(=O)C(C)(C)C)nc2cc(C(=O)N(C)Cc3ccccc3)ccc2c1=O. The lowest BCUT2D eigenvalue weighted by Crippen LogP contribution is -2.27. The maximum Gasteiger partial charge on any atom is 0.262 e. The Bertz CT molecular complexity index is 1250. The number of unbranched alkanes of at least 4 members (excludes halogenated alkanes) is 2. The van der Waals surface area contributed by atoms with Gasteiger partial charge in [-0.05, 0) is 30.2 Å². The number of thioether (sulfide) groups is 1. The van der Waals surface area contributed by atoms with Gasteiger partial charge in [0.25, 0.3) is 11.5 Å². The molecule has 0 unspecified atom stereocenters. The van der Waals surface area contributed by atoms with E-state index < -0.39 is 5.41 Å². The zero-order valence-corrected chi connectivity index (χ0v) is 22.2. The van der Waals surface area contributed by atoms with Crippen molar-refractivity contribution in [1.29, 1.82) is 0 Å². The number of ketones is 1. The van der Waals surface area contributed by atoms with E-state index in [0.717, 1.165) is 24.8 Å². The van der Waals surface area contributed by atoms with E-state index >= 15 is 0 Å². The molecule has 1 heterocycles. The van der Waals surface area contributed by atoms with Crippen molar-refractivity contribution in [2.24, 2.45) is 5.41 Å². The molecule has 1 aromatic heterocycles. The summed E-state index contributed by atoms with van der Waals surface area (Å²) in [7, 11) is 1.76. The topological polar surface area (TPSA) is 72.3 Å². The summed E-state index contributed by atoms with van der Waals surface area (Å²) in [4.78, 5) is 45.4. The van der Waals surface area contributed by atoms with Crippen LogP contribution in [0.25, 0.3) is 10.9 Å². The number of Topliss-reactive ketones (excluding diaryl/α,β-unsaturated/α-hetero) is 1. The Morgan fingerprint density at radius 3 is 2.43 bits per heavy atom. The lowest BCUT2D eigenvalue weighted by Gasteiger charge is -2.19. The molecule has 0 radical (unpaired) electrons. The fourth-order valence-electron chi connectivity index (χ4n) is 3.66. The van der Waals surface area contributed by atoms with Gasteiger partial charge in [0.2, 0.25) is 0 Å². The zero-order valence-electron chi connectivity index (χ0n) is 21.3. The molecule has 0 saturated carbocycles. The third-order valence-corrected chi connectivity index (χ3v) is 6.91. The minimum Gasteiger partial charge on any atom is -0.337 e. The smallest absolute Gasteiger partial charge is 0.262 e. The second kappa shape index (κ2) is 11.7. The standard InChI is InChI=1S/C28H35N3O3S/c1-6-7-11-16-31-26(34)22-15-14-21(25(33)30(5)18-20-12-9-8-10-13-20)17-23(22)29-27(31)35-19-24(32)28(2,3)4/h8-10,12-15,17H,6-7,11,16,18-19H2,1-5H3. The van der Waals surface area contributed by atoms with Crippen molar-refractivity contribution in [1.82, 2.24) is 14.5 Å². The maximum absolute atomic E-state index is 13.4. The molecule has 0 N–H and O–H groups in total. The van der Waals surface area contributed by atoms with Crippen LogP contribution in [0.2, 0.25) is 0 Å². The summed E-state index contributed by atoms with van der Waals surface area (Å²) in [5, 5.41) is 1.01. The lowest BCUT2D eigenvalue weighted by molar-refractivity contribution is -0.123. The molecule has 0 aliphatic heterocycles. The molecular formula is C28H35N3O3S. The summed E-state index contributed by atoms with van der Waals surface area (Å²) in [5.41, 5.74) is 1.41. The summed E-state index contributed by atoms with van der Waals surface area (Å²) < 4.78 is 1.68. The average Bonchev–Trinajstić information content (AvgIpc) is 2.83. The van der Waals surface area contributed by atoms with Crippen molar-refractivity contribution in [2.45, 2.75) is 65.2 Å². The molecule has 3 rings (SSSR count). The summed E-state index contributed by atoms with van der Waals surface area (Å²) in [6, 6.07) is 14.9. The molecule has 0 aliphatic carbocycles. The van der Waals surface area contributed by atoms with Crippen LogP contribution in [0.1, 0.15) is 62.9 Å². The van der Waals surface area contributed by atoms with Gasteiger partial charge in [-0.15, -0.1) is 0 Å². The van der Waals surface area contributed by atoms with Crippen LogP contribution in [0.4, 0.5) is 0 Å². The Morgan fingerprint density at radius 2 is 1.77 bits per heavy atom. The summed E-state index contributed by atoms with van der Waals surface area (Å²) >= 11 is 1.30. The van der Waals surface area contributed by atoms with Gasteiger partial charge in [0.05, 0.1) is 16.7 Å². The van der Waals surface area contributed by atoms with E-state index in [9.17, 15) is 14.4 Å². The van der Waals surface area contributed by atoms with Crippen LogP contribution in [0.15, 0.2) is 58.5 Å². The summed E-state index contributed by atoms with van der Waals surface area (Å²) in [6.07, 6.45) is 2.92. The Morgan fingerprint density at radius 1 is 1.06 bits per heavy atom. The summed E-state index contributed by atoms with van der Waals surface area (Å²) in [5.74, 6) is 0.207. The predicted octanol–water partition coefficient (Wildman–Crippen LogP) is 5.57. The van der Waals surface area contributed by atoms with Crippen molar-refractivity contribution in [2.75, 3.05) is 12.8 Å². The van der Waals surface area contributed by atoms with E-state index in [1.54, 1.807) is 34.7 Å².